The lowest BCUT2D eigenvalue weighted by Gasteiger charge is -2.34. The van der Waals surface area contributed by atoms with Crippen LogP contribution >= 0.6 is 0 Å². The van der Waals surface area contributed by atoms with Crippen LogP contribution in [0.15, 0.2) is 12.7 Å². The molecule has 1 amide bonds. The third kappa shape index (κ3) is 3.32. The highest BCUT2D eigenvalue weighted by Gasteiger charge is 2.33. The molecule has 0 aromatic carbocycles. The predicted molar refractivity (Wildman–Crippen MR) is 83.3 cm³/mol. The number of aliphatic hydroxyl groups is 1. The minimum Gasteiger partial charge on any atom is -0.444 e. The molecule has 2 heterocycles. The van der Waals surface area contributed by atoms with Crippen molar-refractivity contribution < 1.29 is 14.6 Å². The van der Waals surface area contributed by atoms with Gasteiger partial charge in [0, 0.05) is 18.0 Å². The maximum Gasteiger partial charge on any atom is 0.410 e. The van der Waals surface area contributed by atoms with Gasteiger partial charge in [-0.05, 0) is 27.7 Å². The van der Waals surface area contributed by atoms with Gasteiger partial charge < -0.3 is 14.7 Å². The summed E-state index contributed by atoms with van der Waals surface area (Å²) >= 11 is 0. The zero-order valence-corrected chi connectivity index (χ0v) is 13.8. The van der Waals surface area contributed by atoms with Gasteiger partial charge in [0.15, 0.2) is 0 Å². The summed E-state index contributed by atoms with van der Waals surface area (Å²) in [5.41, 5.74) is 2.09. The van der Waals surface area contributed by atoms with Gasteiger partial charge in [0.1, 0.15) is 5.60 Å². The largest absolute Gasteiger partial charge is 0.444 e. The van der Waals surface area contributed by atoms with Crippen LogP contribution in [0.4, 0.5) is 4.79 Å². The van der Waals surface area contributed by atoms with Crippen LogP contribution in [-0.2, 0) is 30.9 Å². The van der Waals surface area contributed by atoms with E-state index in [9.17, 15) is 9.90 Å². The van der Waals surface area contributed by atoms with Crippen molar-refractivity contribution in [1.82, 2.24) is 14.7 Å². The zero-order valence-electron chi connectivity index (χ0n) is 13.8. The maximum atomic E-state index is 12.4. The molecule has 1 aliphatic heterocycles. The van der Waals surface area contributed by atoms with Crippen LogP contribution in [0.5, 0.6) is 0 Å². The number of hydrogen-bond acceptors (Lipinski definition) is 4. The van der Waals surface area contributed by atoms with E-state index in [0.29, 0.717) is 19.5 Å². The quantitative estimate of drug-likeness (QED) is 0.870. The Balaban J connectivity index is 2.28. The monoisotopic (exact) mass is 307 g/mol. The number of ether oxygens (including phenoxy) is 1. The molecule has 1 unspecified atom stereocenters. The highest BCUT2D eigenvalue weighted by Crippen LogP contribution is 2.27. The van der Waals surface area contributed by atoms with Crippen molar-refractivity contribution in [3.63, 3.8) is 0 Å². The summed E-state index contributed by atoms with van der Waals surface area (Å²) in [4.78, 5) is 14.1. The van der Waals surface area contributed by atoms with Gasteiger partial charge in [0.25, 0.3) is 0 Å². The third-order valence-corrected chi connectivity index (χ3v) is 3.68. The smallest absolute Gasteiger partial charge is 0.410 e. The van der Waals surface area contributed by atoms with E-state index in [1.165, 1.54) is 0 Å². The molecule has 122 valence electrons. The Hall–Kier alpha value is -1.82. The van der Waals surface area contributed by atoms with Crippen molar-refractivity contribution >= 4 is 6.09 Å². The Morgan fingerprint density at radius 3 is 2.77 bits per heavy atom. The molecule has 6 nitrogen and oxygen atoms in total. The van der Waals surface area contributed by atoms with Crippen LogP contribution in [0, 0.1) is 0 Å². The summed E-state index contributed by atoms with van der Waals surface area (Å²) in [5, 5.41) is 14.2. The Bertz CT molecular complexity index is 572. The van der Waals surface area contributed by atoms with Gasteiger partial charge in [-0.15, -0.1) is 6.58 Å². The first kappa shape index (κ1) is 16.5. The molecule has 1 aromatic rings. The van der Waals surface area contributed by atoms with E-state index in [0.717, 1.165) is 17.0 Å². The van der Waals surface area contributed by atoms with Crippen LogP contribution in [0.25, 0.3) is 0 Å². The number of hydrogen-bond donors (Lipinski definition) is 1. The molecule has 0 saturated heterocycles. The lowest BCUT2D eigenvalue weighted by molar-refractivity contribution is 0.0136. The molecule has 1 N–H and O–H groups in total. The number of nitrogens with zero attached hydrogens (tertiary/aromatic N) is 3. The number of rotatable bonds is 3. The van der Waals surface area contributed by atoms with Crippen molar-refractivity contribution in [2.75, 3.05) is 0 Å². The maximum absolute atomic E-state index is 12.4. The second kappa shape index (κ2) is 6.12. The number of carbonyl (C=O) groups excluding carboxylic acids is 1. The molecular weight excluding hydrogens is 282 g/mol. The van der Waals surface area contributed by atoms with E-state index in [1.54, 1.807) is 15.7 Å². The van der Waals surface area contributed by atoms with Gasteiger partial charge in [0.05, 0.1) is 31.1 Å². The molecule has 1 atom stereocenters. The Kier molecular flexibility index (Phi) is 4.60. The number of allylic oxidation sites excluding steroid dienone is 1. The van der Waals surface area contributed by atoms with Crippen molar-refractivity contribution in [3.05, 3.63) is 29.6 Å². The second-order valence-electron chi connectivity index (χ2n) is 6.66. The lowest BCUT2D eigenvalue weighted by atomic mass is 10.00. The van der Waals surface area contributed by atoms with Crippen LogP contribution in [-0.4, -0.2) is 37.5 Å². The number of aliphatic hydroxyl groups excluding tert-OH is 1. The van der Waals surface area contributed by atoms with Crippen LogP contribution < -0.4 is 0 Å². The first-order valence-electron chi connectivity index (χ1n) is 7.55. The Labute approximate surface area is 131 Å². The van der Waals surface area contributed by atoms with E-state index >= 15 is 0 Å². The summed E-state index contributed by atoms with van der Waals surface area (Å²) in [6, 6.07) is 0.0148. The van der Waals surface area contributed by atoms with Crippen LogP contribution in [0.2, 0.25) is 0 Å². The normalized spacial score (nSPS) is 18.0. The SMILES string of the molecule is C=CCn1nc2c(c1CO)CN(C(=O)OC(C)(C)C)C(C)C2. The number of aromatic nitrogens is 2. The summed E-state index contributed by atoms with van der Waals surface area (Å²) in [6.45, 7) is 12.1. The van der Waals surface area contributed by atoms with Gasteiger partial charge in [-0.3, -0.25) is 4.68 Å². The zero-order chi connectivity index (χ0) is 16.5. The number of fused-ring (bicyclic) bond motifs is 1. The van der Waals surface area contributed by atoms with Gasteiger partial charge in [-0.1, -0.05) is 6.08 Å². The fourth-order valence-electron chi connectivity index (χ4n) is 2.67. The van der Waals surface area contributed by atoms with Crippen LogP contribution in [0.3, 0.4) is 0 Å². The lowest BCUT2D eigenvalue weighted by Crippen LogP contribution is -2.45. The second-order valence-corrected chi connectivity index (χ2v) is 6.66. The van der Waals surface area contributed by atoms with Crippen molar-refractivity contribution in [1.29, 1.82) is 0 Å². The average Bonchev–Trinajstić information content (AvgIpc) is 2.72. The molecule has 0 fully saturated rings. The predicted octanol–water partition coefficient (Wildman–Crippen LogP) is 2.24. The molecule has 0 saturated carbocycles. The summed E-state index contributed by atoms with van der Waals surface area (Å²) < 4.78 is 7.22. The van der Waals surface area contributed by atoms with Gasteiger partial charge in [0.2, 0.25) is 0 Å². The standard InChI is InChI=1S/C16H25N3O3/c1-6-7-19-14(10-20)12-9-18(11(2)8-13(12)17-19)15(21)22-16(3,4)5/h6,11,20H,1,7-10H2,2-5H3. The molecular formula is C16H25N3O3. The minimum atomic E-state index is -0.524. The summed E-state index contributed by atoms with van der Waals surface area (Å²) in [5.74, 6) is 0. The van der Waals surface area contributed by atoms with Crippen molar-refractivity contribution in [2.24, 2.45) is 0 Å². The summed E-state index contributed by atoms with van der Waals surface area (Å²) in [7, 11) is 0. The average molecular weight is 307 g/mol. The molecule has 22 heavy (non-hydrogen) atoms. The minimum absolute atomic E-state index is 0.0148. The number of carbonyl (C=O) groups is 1. The van der Waals surface area contributed by atoms with Crippen molar-refractivity contribution in [3.8, 4) is 0 Å². The van der Waals surface area contributed by atoms with Crippen LogP contribution in [0.1, 0.15) is 44.6 Å². The number of amides is 1. The molecule has 1 aliphatic rings. The van der Waals surface area contributed by atoms with Gasteiger partial charge in [-0.2, -0.15) is 5.10 Å². The Morgan fingerprint density at radius 2 is 2.23 bits per heavy atom. The molecule has 0 radical (unpaired) electrons. The third-order valence-electron chi connectivity index (χ3n) is 3.68. The van der Waals surface area contributed by atoms with E-state index in [1.807, 2.05) is 27.7 Å². The van der Waals surface area contributed by atoms with E-state index in [4.69, 9.17) is 4.74 Å². The van der Waals surface area contributed by atoms with Gasteiger partial charge in [-0.25, -0.2) is 4.79 Å². The molecule has 6 heteroatoms. The molecule has 0 spiro atoms. The first-order chi connectivity index (χ1) is 10.3. The molecule has 1 aromatic heterocycles. The molecule has 0 aliphatic carbocycles. The van der Waals surface area contributed by atoms with Gasteiger partial charge >= 0.3 is 6.09 Å². The Morgan fingerprint density at radius 1 is 1.55 bits per heavy atom. The van der Waals surface area contributed by atoms with E-state index in [-0.39, 0.29) is 18.7 Å². The first-order valence-corrected chi connectivity index (χ1v) is 7.55. The highest BCUT2D eigenvalue weighted by molar-refractivity contribution is 5.69. The summed E-state index contributed by atoms with van der Waals surface area (Å²) in [6.07, 6.45) is 2.07. The van der Waals surface area contributed by atoms with E-state index < -0.39 is 5.60 Å². The van der Waals surface area contributed by atoms with E-state index in [2.05, 4.69) is 11.7 Å². The van der Waals surface area contributed by atoms with Crippen molar-refractivity contribution in [2.45, 2.75) is 65.5 Å². The molecule has 0 bridgehead atoms. The topological polar surface area (TPSA) is 67.6 Å². The fraction of sp³-hybridized carbons (Fsp3) is 0.625. The fourth-order valence-corrected chi connectivity index (χ4v) is 2.67. The highest BCUT2D eigenvalue weighted by atomic mass is 16.6. The molecule has 2 rings (SSSR count).